The van der Waals surface area contributed by atoms with Gasteiger partial charge in [0.25, 0.3) is 0 Å². The molecule has 0 N–H and O–H groups in total. The van der Waals surface area contributed by atoms with Crippen molar-refractivity contribution in [2.75, 3.05) is 21.1 Å². The molecule has 82 valence electrons. The van der Waals surface area contributed by atoms with E-state index in [-0.39, 0.29) is 0 Å². The molecule has 0 aliphatic heterocycles. The van der Waals surface area contributed by atoms with Crippen LogP contribution in [0.2, 0.25) is 0 Å². The lowest BCUT2D eigenvalue weighted by molar-refractivity contribution is -0.917. The molecular weight excluding hydrogens is 182 g/mol. The summed E-state index contributed by atoms with van der Waals surface area (Å²) < 4.78 is 1.05. The first-order valence-corrected chi connectivity index (χ1v) is 5.89. The van der Waals surface area contributed by atoms with E-state index in [1.54, 1.807) is 0 Å². The Balaban J connectivity index is 2.39. The van der Waals surface area contributed by atoms with E-state index in [9.17, 15) is 0 Å². The lowest BCUT2D eigenvalue weighted by Crippen LogP contribution is -2.46. The molecule has 0 heterocycles. The van der Waals surface area contributed by atoms with E-state index in [1.165, 1.54) is 18.4 Å². The summed E-state index contributed by atoms with van der Waals surface area (Å²) in [6, 6.07) is 11.0. The van der Waals surface area contributed by atoms with Crippen molar-refractivity contribution < 1.29 is 4.48 Å². The van der Waals surface area contributed by atoms with Gasteiger partial charge in [-0.1, -0.05) is 37.3 Å². The summed E-state index contributed by atoms with van der Waals surface area (Å²) in [5, 5.41) is 0. The molecule has 1 aromatic rings. The highest BCUT2D eigenvalue weighted by molar-refractivity contribution is 5.29. The molecule has 1 heteroatoms. The fraction of sp³-hybridized carbons (Fsp3) is 0.571. The summed E-state index contributed by atoms with van der Waals surface area (Å²) >= 11 is 0. The second kappa shape index (κ2) is 3.34. The van der Waals surface area contributed by atoms with E-state index < -0.39 is 0 Å². The third-order valence-corrected chi connectivity index (χ3v) is 4.04. The van der Waals surface area contributed by atoms with Gasteiger partial charge in [0.15, 0.2) is 0 Å². The van der Waals surface area contributed by atoms with Gasteiger partial charge in [0.05, 0.1) is 21.1 Å². The van der Waals surface area contributed by atoms with Gasteiger partial charge in [-0.25, -0.2) is 0 Å². The van der Waals surface area contributed by atoms with Crippen molar-refractivity contribution in [1.82, 2.24) is 0 Å². The van der Waals surface area contributed by atoms with Gasteiger partial charge in [0, 0.05) is 17.9 Å². The molecule has 0 aromatic heterocycles. The van der Waals surface area contributed by atoms with Gasteiger partial charge in [-0.3, -0.25) is 0 Å². The monoisotopic (exact) mass is 204 g/mol. The summed E-state index contributed by atoms with van der Waals surface area (Å²) in [6.45, 7) is 2.31. The van der Waals surface area contributed by atoms with Crippen molar-refractivity contribution in [2.45, 2.75) is 25.3 Å². The molecule has 2 unspecified atom stereocenters. The van der Waals surface area contributed by atoms with E-state index >= 15 is 0 Å². The summed E-state index contributed by atoms with van der Waals surface area (Å²) in [7, 11) is 6.97. The number of hydrogen-bond acceptors (Lipinski definition) is 0. The quantitative estimate of drug-likeness (QED) is 0.664. The molecule has 1 aliphatic rings. The number of nitrogens with zero attached hydrogens (tertiary/aromatic N) is 1. The molecule has 2 rings (SSSR count). The van der Waals surface area contributed by atoms with Gasteiger partial charge in [0.1, 0.15) is 5.54 Å². The third kappa shape index (κ3) is 1.50. The molecule has 1 nitrogen and oxygen atoms in total. The van der Waals surface area contributed by atoms with Gasteiger partial charge in [-0.15, -0.1) is 0 Å². The molecule has 0 radical (unpaired) electrons. The molecule has 1 aromatic carbocycles. The van der Waals surface area contributed by atoms with Crippen LogP contribution in [0.5, 0.6) is 0 Å². The molecular formula is C14H22N+. The van der Waals surface area contributed by atoms with E-state index in [1.807, 2.05) is 0 Å². The fourth-order valence-corrected chi connectivity index (χ4v) is 3.09. The first-order valence-electron chi connectivity index (χ1n) is 5.89. The van der Waals surface area contributed by atoms with Crippen LogP contribution in [-0.4, -0.2) is 25.6 Å². The van der Waals surface area contributed by atoms with Crippen LogP contribution in [0.15, 0.2) is 30.3 Å². The van der Waals surface area contributed by atoms with Crippen LogP contribution in [0.25, 0.3) is 0 Å². The van der Waals surface area contributed by atoms with Gasteiger partial charge < -0.3 is 4.48 Å². The average Bonchev–Trinajstić information content (AvgIpc) is 2.94. The smallest absolute Gasteiger partial charge is 0.128 e. The molecule has 1 fully saturated rings. The Labute approximate surface area is 93.3 Å². The Morgan fingerprint density at radius 2 is 1.80 bits per heavy atom. The minimum absolute atomic E-state index is 0.385. The lowest BCUT2D eigenvalue weighted by Gasteiger charge is -2.36. The molecule has 15 heavy (non-hydrogen) atoms. The van der Waals surface area contributed by atoms with Crippen LogP contribution in [0.1, 0.15) is 25.3 Å². The Morgan fingerprint density at radius 1 is 1.20 bits per heavy atom. The van der Waals surface area contributed by atoms with Crippen LogP contribution >= 0.6 is 0 Å². The van der Waals surface area contributed by atoms with Crippen LogP contribution < -0.4 is 0 Å². The summed E-state index contributed by atoms with van der Waals surface area (Å²) in [4.78, 5) is 0. The Kier molecular flexibility index (Phi) is 2.38. The maximum absolute atomic E-state index is 2.32. The lowest BCUT2D eigenvalue weighted by atomic mass is 9.98. The van der Waals surface area contributed by atoms with Crippen LogP contribution in [0, 0.1) is 5.92 Å². The van der Waals surface area contributed by atoms with Gasteiger partial charge in [0.2, 0.25) is 0 Å². The van der Waals surface area contributed by atoms with E-state index in [0.29, 0.717) is 5.54 Å². The third-order valence-electron chi connectivity index (χ3n) is 4.04. The number of rotatable bonds is 3. The second-order valence-corrected chi connectivity index (χ2v) is 5.61. The minimum Gasteiger partial charge on any atom is -0.322 e. The predicted octanol–water partition coefficient (Wildman–Crippen LogP) is 3.02. The van der Waals surface area contributed by atoms with Crippen molar-refractivity contribution in [3.63, 3.8) is 0 Å². The van der Waals surface area contributed by atoms with Crippen LogP contribution in [0.4, 0.5) is 0 Å². The standard InChI is InChI=1S/C14H22N/c1-5-12-11-14(12,15(2,3)4)13-9-7-6-8-10-13/h6-10,12H,5,11H2,1-4H3/q+1. The van der Waals surface area contributed by atoms with Gasteiger partial charge in [-0.05, 0) is 6.42 Å². The average molecular weight is 204 g/mol. The first kappa shape index (κ1) is 10.7. The highest BCUT2D eigenvalue weighted by Crippen LogP contribution is 2.59. The van der Waals surface area contributed by atoms with Gasteiger partial charge in [-0.2, -0.15) is 0 Å². The maximum Gasteiger partial charge on any atom is 0.128 e. The normalized spacial score (nSPS) is 30.3. The number of benzene rings is 1. The number of hydrogen-bond donors (Lipinski definition) is 0. The van der Waals surface area contributed by atoms with E-state index in [4.69, 9.17) is 0 Å². The molecule has 0 saturated heterocycles. The fourth-order valence-electron chi connectivity index (χ4n) is 3.09. The molecule has 0 bridgehead atoms. The first-order chi connectivity index (χ1) is 7.02. The Hall–Kier alpha value is -0.820. The van der Waals surface area contributed by atoms with Crippen LogP contribution in [-0.2, 0) is 5.54 Å². The highest BCUT2D eigenvalue weighted by Gasteiger charge is 2.63. The SMILES string of the molecule is CCC1CC1(c1ccccc1)[N+](C)(C)C. The molecule has 0 spiro atoms. The zero-order valence-electron chi connectivity index (χ0n) is 10.3. The van der Waals surface area contributed by atoms with Crippen molar-refractivity contribution >= 4 is 0 Å². The van der Waals surface area contributed by atoms with Crippen molar-refractivity contribution in [3.8, 4) is 0 Å². The van der Waals surface area contributed by atoms with Gasteiger partial charge >= 0.3 is 0 Å². The maximum atomic E-state index is 2.32. The minimum atomic E-state index is 0.385. The zero-order valence-corrected chi connectivity index (χ0v) is 10.3. The zero-order chi connectivity index (χ0) is 11.1. The predicted molar refractivity (Wildman–Crippen MR) is 64.6 cm³/mol. The second-order valence-electron chi connectivity index (χ2n) is 5.61. The largest absolute Gasteiger partial charge is 0.322 e. The molecule has 1 aliphatic carbocycles. The Morgan fingerprint density at radius 3 is 2.20 bits per heavy atom. The number of quaternary nitrogens is 1. The van der Waals surface area contributed by atoms with E-state index in [2.05, 4.69) is 58.4 Å². The highest BCUT2D eigenvalue weighted by atomic mass is 15.4. The van der Waals surface area contributed by atoms with Crippen molar-refractivity contribution in [2.24, 2.45) is 5.92 Å². The summed E-state index contributed by atoms with van der Waals surface area (Å²) in [6.07, 6.45) is 2.64. The molecule has 1 saturated carbocycles. The van der Waals surface area contributed by atoms with Crippen molar-refractivity contribution in [3.05, 3.63) is 35.9 Å². The van der Waals surface area contributed by atoms with Crippen molar-refractivity contribution in [1.29, 1.82) is 0 Å². The summed E-state index contributed by atoms with van der Waals surface area (Å²) in [5.74, 6) is 0.861. The Bertz CT molecular complexity index is 336. The van der Waals surface area contributed by atoms with Crippen LogP contribution in [0.3, 0.4) is 0 Å². The molecule has 2 atom stereocenters. The topological polar surface area (TPSA) is 0 Å². The van der Waals surface area contributed by atoms with E-state index in [0.717, 1.165) is 10.4 Å². The summed E-state index contributed by atoms with van der Waals surface area (Å²) in [5.41, 5.74) is 1.90. The molecule has 0 amide bonds.